The van der Waals surface area contributed by atoms with Gasteiger partial charge in [-0.15, -0.1) is 0 Å². The Hall–Kier alpha value is -3.84. The van der Waals surface area contributed by atoms with Crippen LogP contribution in [0.5, 0.6) is 0 Å². The van der Waals surface area contributed by atoms with Crippen LogP contribution < -0.4 is 4.90 Å². The number of rotatable bonds is 5. The molecule has 1 atom stereocenters. The standard InChI is InChI=1S/C27H28N6O/c1-17-13-21(7-6-20(17)5-4-9-28)22-14-24(33-11-12-34-16-19(33)3)31-27-25(22)18(2)15-29-26(27)23-8-10-30-32-23/h4-10,13-15,19,28H,11-12,16H2,1-3H3,(H,30,32)/b5-4-,28-9?/t19-/m1/s1. The highest BCUT2D eigenvalue weighted by molar-refractivity contribution is 6.03. The van der Waals surface area contributed by atoms with E-state index in [9.17, 15) is 0 Å². The summed E-state index contributed by atoms with van der Waals surface area (Å²) in [5, 5.41) is 15.6. The van der Waals surface area contributed by atoms with Gasteiger partial charge in [-0.25, -0.2) is 4.98 Å². The predicted molar refractivity (Wildman–Crippen MR) is 137 cm³/mol. The van der Waals surface area contributed by atoms with Crippen molar-refractivity contribution in [2.24, 2.45) is 0 Å². The lowest BCUT2D eigenvalue weighted by Crippen LogP contribution is -2.44. The average molecular weight is 453 g/mol. The molecule has 1 fully saturated rings. The highest BCUT2D eigenvalue weighted by Gasteiger charge is 2.24. The van der Waals surface area contributed by atoms with Gasteiger partial charge in [0.05, 0.1) is 24.9 Å². The molecular formula is C27H28N6O. The molecule has 1 saturated heterocycles. The van der Waals surface area contributed by atoms with E-state index in [1.807, 2.05) is 18.3 Å². The maximum atomic E-state index is 7.28. The first-order valence-corrected chi connectivity index (χ1v) is 11.5. The zero-order valence-corrected chi connectivity index (χ0v) is 19.7. The first-order valence-electron chi connectivity index (χ1n) is 11.5. The van der Waals surface area contributed by atoms with Crippen LogP contribution in [-0.2, 0) is 4.74 Å². The molecule has 0 spiro atoms. The summed E-state index contributed by atoms with van der Waals surface area (Å²) in [6.07, 6.45) is 8.65. The monoisotopic (exact) mass is 452 g/mol. The predicted octanol–water partition coefficient (Wildman–Crippen LogP) is 5.19. The second-order valence-electron chi connectivity index (χ2n) is 8.73. The number of aromatic nitrogens is 4. The van der Waals surface area contributed by atoms with Crippen molar-refractivity contribution in [2.45, 2.75) is 26.8 Å². The first kappa shape index (κ1) is 22.0. The number of benzene rings is 1. The molecule has 4 heterocycles. The van der Waals surface area contributed by atoms with Gasteiger partial charge in [-0.05, 0) is 66.8 Å². The molecule has 0 aliphatic carbocycles. The number of nitrogens with one attached hydrogen (secondary N) is 2. The van der Waals surface area contributed by atoms with Crippen LogP contribution in [0.2, 0.25) is 0 Å². The van der Waals surface area contributed by atoms with Crippen LogP contribution >= 0.6 is 0 Å². The fourth-order valence-corrected chi connectivity index (χ4v) is 4.60. The number of ether oxygens (including phenoxy) is 1. The molecule has 7 heteroatoms. The van der Waals surface area contributed by atoms with E-state index in [2.05, 4.69) is 60.1 Å². The molecule has 1 aliphatic rings. The first-order chi connectivity index (χ1) is 16.6. The number of allylic oxidation sites excluding steroid dienone is 1. The van der Waals surface area contributed by atoms with Gasteiger partial charge in [-0.1, -0.05) is 24.3 Å². The summed E-state index contributed by atoms with van der Waals surface area (Å²) in [4.78, 5) is 12.2. The minimum Gasteiger partial charge on any atom is -0.377 e. The van der Waals surface area contributed by atoms with Crippen molar-refractivity contribution >= 4 is 29.0 Å². The molecule has 34 heavy (non-hydrogen) atoms. The van der Waals surface area contributed by atoms with E-state index in [0.717, 1.165) is 62.5 Å². The van der Waals surface area contributed by atoms with E-state index in [0.29, 0.717) is 13.2 Å². The number of hydrogen-bond donors (Lipinski definition) is 2. The topological polar surface area (TPSA) is 90.8 Å². The fraction of sp³-hybridized carbons (Fsp3) is 0.259. The molecule has 5 rings (SSSR count). The van der Waals surface area contributed by atoms with Crippen LogP contribution in [0.3, 0.4) is 0 Å². The second-order valence-corrected chi connectivity index (χ2v) is 8.73. The smallest absolute Gasteiger partial charge is 0.130 e. The molecule has 1 aliphatic heterocycles. The van der Waals surface area contributed by atoms with Crippen molar-refractivity contribution in [1.29, 1.82) is 5.41 Å². The van der Waals surface area contributed by atoms with Crippen molar-refractivity contribution in [2.75, 3.05) is 24.7 Å². The van der Waals surface area contributed by atoms with E-state index in [1.54, 1.807) is 12.3 Å². The summed E-state index contributed by atoms with van der Waals surface area (Å²) in [6.45, 7) is 8.52. The molecule has 0 unspecified atom stereocenters. The van der Waals surface area contributed by atoms with Gasteiger partial charge in [0.25, 0.3) is 0 Å². The van der Waals surface area contributed by atoms with Gasteiger partial charge < -0.3 is 15.0 Å². The highest BCUT2D eigenvalue weighted by Crippen LogP contribution is 2.38. The summed E-state index contributed by atoms with van der Waals surface area (Å²) in [6, 6.07) is 10.8. The van der Waals surface area contributed by atoms with Gasteiger partial charge in [-0.3, -0.25) is 10.1 Å². The molecule has 7 nitrogen and oxygen atoms in total. The Morgan fingerprint density at radius 1 is 1.18 bits per heavy atom. The molecule has 0 radical (unpaired) electrons. The Morgan fingerprint density at radius 3 is 2.79 bits per heavy atom. The SMILES string of the molecule is Cc1cc(-c2cc(N3CCOC[C@H]3C)nc3c(-c4ccn[nH]4)ncc(C)c23)ccc1/C=C\C=N. The number of morpholine rings is 1. The van der Waals surface area contributed by atoms with Crippen LogP contribution in [0.4, 0.5) is 5.82 Å². The van der Waals surface area contributed by atoms with Crippen LogP contribution in [0.15, 0.2) is 48.8 Å². The second kappa shape index (κ2) is 9.19. The molecule has 3 aromatic heterocycles. The van der Waals surface area contributed by atoms with Gasteiger partial charge in [-0.2, -0.15) is 5.10 Å². The molecule has 4 aromatic rings. The van der Waals surface area contributed by atoms with E-state index in [-0.39, 0.29) is 6.04 Å². The lowest BCUT2D eigenvalue weighted by Gasteiger charge is -2.34. The Morgan fingerprint density at radius 2 is 2.06 bits per heavy atom. The number of aromatic amines is 1. The van der Waals surface area contributed by atoms with Crippen molar-refractivity contribution in [1.82, 2.24) is 20.2 Å². The van der Waals surface area contributed by atoms with Crippen LogP contribution in [0, 0.1) is 19.3 Å². The normalized spacial score (nSPS) is 16.4. The number of fused-ring (bicyclic) bond motifs is 1. The van der Waals surface area contributed by atoms with E-state index in [1.165, 1.54) is 6.21 Å². The van der Waals surface area contributed by atoms with E-state index < -0.39 is 0 Å². The summed E-state index contributed by atoms with van der Waals surface area (Å²) in [7, 11) is 0. The van der Waals surface area contributed by atoms with Gasteiger partial charge in [0, 0.05) is 30.5 Å². The maximum absolute atomic E-state index is 7.28. The van der Waals surface area contributed by atoms with Gasteiger partial charge >= 0.3 is 0 Å². The minimum absolute atomic E-state index is 0.232. The Balaban J connectivity index is 1.78. The third kappa shape index (κ3) is 3.99. The van der Waals surface area contributed by atoms with Crippen LogP contribution in [0.1, 0.15) is 23.6 Å². The number of pyridine rings is 2. The summed E-state index contributed by atoms with van der Waals surface area (Å²) < 4.78 is 5.68. The molecule has 1 aromatic carbocycles. The highest BCUT2D eigenvalue weighted by atomic mass is 16.5. The zero-order valence-electron chi connectivity index (χ0n) is 19.7. The van der Waals surface area contributed by atoms with Gasteiger partial charge in [0.2, 0.25) is 0 Å². The summed E-state index contributed by atoms with van der Waals surface area (Å²) in [5.41, 5.74) is 8.09. The van der Waals surface area contributed by atoms with Crippen molar-refractivity contribution in [3.05, 3.63) is 65.5 Å². The fourth-order valence-electron chi connectivity index (χ4n) is 4.60. The van der Waals surface area contributed by atoms with Gasteiger partial charge in [0.1, 0.15) is 17.0 Å². The average Bonchev–Trinajstić information content (AvgIpc) is 3.38. The number of aryl methyl sites for hydroxylation is 2. The zero-order chi connectivity index (χ0) is 23.7. The maximum Gasteiger partial charge on any atom is 0.130 e. The Bertz CT molecular complexity index is 1380. The lowest BCUT2D eigenvalue weighted by atomic mass is 9.94. The Kier molecular flexibility index (Phi) is 5.94. The van der Waals surface area contributed by atoms with Gasteiger partial charge in [0.15, 0.2) is 0 Å². The van der Waals surface area contributed by atoms with Crippen molar-refractivity contribution in [3.8, 4) is 22.5 Å². The molecule has 0 saturated carbocycles. The van der Waals surface area contributed by atoms with Crippen molar-refractivity contribution < 1.29 is 4.74 Å². The number of nitrogens with zero attached hydrogens (tertiary/aromatic N) is 4. The van der Waals surface area contributed by atoms with Crippen LogP contribution in [0.25, 0.3) is 39.5 Å². The van der Waals surface area contributed by atoms with Crippen LogP contribution in [-0.4, -0.2) is 52.2 Å². The lowest BCUT2D eigenvalue weighted by molar-refractivity contribution is 0.0986. The quantitative estimate of drug-likeness (QED) is 0.407. The molecule has 172 valence electrons. The molecule has 0 bridgehead atoms. The number of H-pyrrole nitrogens is 1. The largest absolute Gasteiger partial charge is 0.377 e. The number of hydrogen-bond acceptors (Lipinski definition) is 6. The Labute approximate surface area is 199 Å². The summed E-state index contributed by atoms with van der Waals surface area (Å²) >= 11 is 0. The number of anilines is 1. The summed E-state index contributed by atoms with van der Waals surface area (Å²) in [5.74, 6) is 0.928. The van der Waals surface area contributed by atoms with E-state index in [4.69, 9.17) is 20.1 Å². The third-order valence-corrected chi connectivity index (χ3v) is 6.38. The third-order valence-electron chi connectivity index (χ3n) is 6.38. The minimum atomic E-state index is 0.232. The molecule has 2 N–H and O–H groups in total. The van der Waals surface area contributed by atoms with Crippen molar-refractivity contribution in [3.63, 3.8) is 0 Å². The molecule has 0 amide bonds. The molecular weight excluding hydrogens is 424 g/mol. The van der Waals surface area contributed by atoms with E-state index >= 15 is 0 Å².